The Morgan fingerprint density at radius 2 is 1.54 bits per heavy atom. The molecule has 4 rings (SSSR count). The monoisotopic (exact) mass is 380 g/mol. The molecule has 0 aliphatic heterocycles. The average Bonchev–Trinajstić information content (AvgIpc) is 2.92. The molecule has 0 saturated heterocycles. The largest absolute Gasteiger partial charge is 0.356 e. The zero-order valence-electron chi connectivity index (χ0n) is 13.9. The summed E-state index contributed by atoms with van der Waals surface area (Å²) >= 11 is 12.8. The number of rotatable bonds is 2. The number of hydrogen-bond donors (Lipinski definition) is 0. The predicted octanol–water partition coefficient (Wildman–Crippen LogP) is 6.34. The minimum absolute atomic E-state index is 0.514. The van der Waals surface area contributed by atoms with Crippen molar-refractivity contribution in [3.8, 4) is 11.3 Å². The van der Waals surface area contributed by atoms with Crippen LogP contribution in [0.15, 0.2) is 76.2 Å². The van der Waals surface area contributed by atoms with Gasteiger partial charge in [0.1, 0.15) is 5.69 Å². The highest BCUT2D eigenvalue weighted by molar-refractivity contribution is 6.39. The third-order valence-corrected chi connectivity index (χ3v) is 4.70. The van der Waals surface area contributed by atoms with Crippen molar-refractivity contribution in [3.63, 3.8) is 0 Å². The van der Waals surface area contributed by atoms with E-state index in [1.165, 1.54) is 5.56 Å². The van der Waals surface area contributed by atoms with Gasteiger partial charge in [0.15, 0.2) is 5.58 Å². The smallest absolute Gasteiger partial charge is 0.169 e. The molecule has 0 spiro atoms. The van der Waals surface area contributed by atoms with Crippen LogP contribution < -0.4 is 5.36 Å². The molecule has 1 aromatic heterocycles. The van der Waals surface area contributed by atoms with E-state index in [-0.39, 0.29) is 0 Å². The molecule has 0 aliphatic carbocycles. The van der Waals surface area contributed by atoms with E-state index in [0.717, 1.165) is 16.4 Å². The lowest BCUT2D eigenvalue weighted by molar-refractivity contribution is 0.459. The second-order valence-electron chi connectivity index (χ2n) is 5.92. The highest BCUT2D eigenvalue weighted by Gasteiger charge is 2.17. The summed E-state index contributed by atoms with van der Waals surface area (Å²) in [4.78, 5) is 4.78. The van der Waals surface area contributed by atoms with Crippen molar-refractivity contribution in [2.24, 2.45) is 4.99 Å². The Balaban J connectivity index is 2.06. The Morgan fingerprint density at radius 1 is 0.846 bits per heavy atom. The van der Waals surface area contributed by atoms with Crippen molar-refractivity contribution in [3.05, 3.63) is 87.7 Å². The normalized spacial score (nSPS) is 11.9. The third-order valence-electron chi connectivity index (χ3n) is 4.07. The minimum atomic E-state index is 0.514. The zero-order chi connectivity index (χ0) is 18.1. The third kappa shape index (κ3) is 3.12. The molecule has 0 radical (unpaired) electrons. The fraction of sp³-hybridized carbons (Fsp3) is 0.0476. The average molecular weight is 381 g/mol. The van der Waals surface area contributed by atoms with Gasteiger partial charge in [0.25, 0.3) is 0 Å². The Bertz CT molecular complexity index is 1140. The van der Waals surface area contributed by atoms with Crippen molar-refractivity contribution in [2.75, 3.05) is 0 Å². The zero-order valence-corrected chi connectivity index (χ0v) is 15.4. The van der Waals surface area contributed by atoms with E-state index >= 15 is 0 Å². The summed E-state index contributed by atoms with van der Waals surface area (Å²) in [6, 6.07) is 20.9. The molecule has 0 amide bonds. The van der Waals surface area contributed by atoms with E-state index in [4.69, 9.17) is 32.7 Å². The lowest BCUT2D eigenvalue weighted by atomic mass is 10.1. The van der Waals surface area contributed by atoms with Crippen LogP contribution in [0, 0.1) is 6.92 Å². The van der Waals surface area contributed by atoms with Crippen LogP contribution >= 0.6 is 23.2 Å². The molecule has 0 bridgehead atoms. The number of aromatic nitrogens is 1. The van der Waals surface area contributed by atoms with E-state index in [1.807, 2.05) is 55.5 Å². The quantitative estimate of drug-likeness (QED) is 0.406. The molecular formula is C21H14Cl2N2O. The van der Waals surface area contributed by atoms with Crippen molar-refractivity contribution >= 4 is 39.9 Å². The Labute approximate surface area is 160 Å². The molecule has 128 valence electrons. The summed E-state index contributed by atoms with van der Waals surface area (Å²) in [6.45, 7) is 2.04. The van der Waals surface area contributed by atoms with Crippen LogP contribution in [0.5, 0.6) is 0 Å². The lowest BCUT2D eigenvalue weighted by Crippen LogP contribution is -1.99. The Hall–Kier alpha value is -2.62. The van der Waals surface area contributed by atoms with Crippen LogP contribution in [0.1, 0.15) is 5.56 Å². The van der Waals surface area contributed by atoms with Gasteiger partial charge in [0.2, 0.25) is 0 Å². The first kappa shape index (κ1) is 16.8. The minimum Gasteiger partial charge on any atom is -0.356 e. The number of fused-ring (bicyclic) bond motifs is 1. The van der Waals surface area contributed by atoms with E-state index in [0.29, 0.717) is 26.9 Å². The standard InChI is InChI=1S/C21H14Cl2N2O/c1-13-9-11-14(12-10-13)24-17-7-2-3-8-18-20(17)21(25-26-18)19-15(22)5-4-6-16(19)23/h2-12H,1H3. The van der Waals surface area contributed by atoms with Crippen LogP contribution in [0.4, 0.5) is 5.69 Å². The van der Waals surface area contributed by atoms with Gasteiger partial charge < -0.3 is 4.52 Å². The molecule has 4 aromatic rings. The van der Waals surface area contributed by atoms with Crippen molar-refractivity contribution < 1.29 is 4.52 Å². The molecule has 26 heavy (non-hydrogen) atoms. The van der Waals surface area contributed by atoms with Crippen molar-refractivity contribution in [2.45, 2.75) is 6.92 Å². The summed E-state index contributed by atoms with van der Waals surface area (Å²) in [5.41, 5.74) is 3.87. The van der Waals surface area contributed by atoms with E-state index in [9.17, 15) is 0 Å². The molecule has 3 nitrogen and oxygen atoms in total. The van der Waals surface area contributed by atoms with Crippen LogP contribution in [-0.4, -0.2) is 5.16 Å². The first-order valence-corrected chi connectivity index (χ1v) is 8.83. The first-order valence-electron chi connectivity index (χ1n) is 8.08. The van der Waals surface area contributed by atoms with Gasteiger partial charge in [-0.2, -0.15) is 0 Å². The second kappa shape index (κ2) is 6.94. The molecule has 1 heterocycles. The van der Waals surface area contributed by atoms with Crippen LogP contribution in [0.25, 0.3) is 22.2 Å². The van der Waals surface area contributed by atoms with Gasteiger partial charge in [-0.3, -0.25) is 0 Å². The van der Waals surface area contributed by atoms with Gasteiger partial charge in [0, 0.05) is 5.56 Å². The van der Waals surface area contributed by atoms with Gasteiger partial charge in [-0.05, 0) is 43.3 Å². The summed E-state index contributed by atoms with van der Waals surface area (Å²) in [5, 5.41) is 6.76. The molecule has 0 aliphatic rings. The number of benzene rings is 2. The van der Waals surface area contributed by atoms with Gasteiger partial charge in [0.05, 0.1) is 26.5 Å². The second-order valence-corrected chi connectivity index (χ2v) is 6.73. The van der Waals surface area contributed by atoms with Gasteiger partial charge >= 0.3 is 0 Å². The summed E-state index contributed by atoms with van der Waals surface area (Å²) < 4.78 is 5.54. The van der Waals surface area contributed by atoms with Crippen molar-refractivity contribution in [1.29, 1.82) is 0 Å². The lowest BCUT2D eigenvalue weighted by Gasteiger charge is -2.03. The maximum atomic E-state index is 6.39. The highest BCUT2D eigenvalue weighted by Crippen LogP contribution is 2.36. The fourth-order valence-corrected chi connectivity index (χ4v) is 3.36. The molecular weight excluding hydrogens is 367 g/mol. The van der Waals surface area contributed by atoms with Crippen molar-refractivity contribution in [1.82, 2.24) is 5.16 Å². The first-order chi connectivity index (χ1) is 12.6. The maximum absolute atomic E-state index is 6.39. The Morgan fingerprint density at radius 3 is 2.27 bits per heavy atom. The van der Waals surface area contributed by atoms with Crippen LogP contribution in [0.2, 0.25) is 10.0 Å². The van der Waals surface area contributed by atoms with Gasteiger partial charge in [-0.15, -0.1) is 0 Å². The highest BCUT2D eigenvalue weighted by atomic mass is 35.5. The van der Waals surface area contributed by atoms with Gasteiger partial charge in [-0.25, -0.2) is 4.99 Å². The van der Waals surface area contributed by atoms with E-state index in [1.54, 1.807) is 18.2 Å². The summed E-state index contributed by atoms with van der Waals surface area (Å²) in [5.74, 6) is 0. The molecule has 0 unspecified atom stereocenters. The van der Waals surface area contributed by atoms with Gasteiger partial charge in [-0.1, -0.05) is 64.3 Å². The molecule has 0 saturated carbocycles. The fourth-order valence-electron chi connectivity index (χ4n) is 2.78. The van der Waals surface area contributed by atoms with Crippen LogP contribution in [0.3, 0.4) is 0 Å². The van der Waals surface area contributed by atoms with E-state index < -0.39 is 0 Å². The molecule has 0 atom stereocenters. The summed E-state index contributed by atoms with van der Waals surface area (Å²) in [7, 11) is 0. The predicted molar refractivity (Wildman–Crippen MR) is 106 cm³/mol. The summed E-state index contributed by atoms with van der Waals surface area (Å²) in [6.07, 6.45) is 0. The molecule has 3 aromatic carbocycles. The topological polar surface area (TPSA) is 38.4 Å². The van der Waals surface area contributed by atoms with E-state index in [2.05, 4.69) is 5.16 Å². The SMILES string of the molecule is Cc1ccc(N=c2ccccc3onc(-c4c(Cl)cccc4Cl)c23)cc1. The molecule has 0 fully saturated rings. The molecule has 0 N–H and O–H groups in total. The maximum Gasteiger partial charge on any atom is 0.169 e. The molecule has 5 heteroatoms. The van der Waals surface area contributed by atoms with Crippen LogP contribution in [-0.2, 0) is 0 Å². The number of nitrogens with zero attached hydrogens (tertiary/aromatic N) is 2. The number of aryl methyl sites for hydroxylation is 1. The number of hydrogen-bond acceptors (Lipinski definition) is 3. The Kier molecular flexibility index (Phi) is 4.49. The number of halogens is 2.